The van der Waals surface area contributed by atoms with Crippen LogP contribution in [0.25, 0.3) is 0 Å². The molecule has 3 N–H and O–H groups in total. The highest BCUT2D eigenvalue weighted by Crippen LogP contribution is 2.13. The molecule has 0 aliphatic rings. The Kier molecular flexibility index (Phi) is 14.7. The highest BCUT2D eigenvalue weighted by atomic mass is 16.3. The van der Waals surface area contributed by atoms with Gasteiger partial charge in [-0.05, 0) is 19.3 Å². The van der Waals surface area contributed by atoms with Gasteiger partial charge in [-0.15, -0.1) is 6.58 Å². The van der Waals surface area contributed by atoms with Crippen molar-refractivity contribution in [1.82, 2.24) is 0 Å². The minimum absolute atomic E-state index is 0.260. The minimum Gasteiger partial charge on any atom is -0.394 e. The van der Waals surface area contributed by atoms with Crippen molar-refractivity contribution in [2.75, 3.05) is 6.61 Å². The van der Waals surface area contributed by atoms with E-state index in [4.69, 9.17) is 5.11 Å². The van der Waals surface area contributed by atoms with Crippen LogP contribution < -0.4 is 0 Å². The largest absolute Gasteiger partial charge is 0.394 e. The SMILES string of the molecule is C=CCCCCCCCCCCC[C@@H](O)C[C@@H](O)CO. The highest BCUT2D eigenvalue weighted by Gasteiger charge is 2.10. The van der Waals surface area contributed by atoms with Crippen LogP contribution in [-0.4, -0.2) is 34.1 Å². The summed E-state index contributed by atoms with van der Waals surface area (Å²) in [5.41, 5.74) is 0. The van der Waals surface area contributed by atoms with E-state index in [0.29, 0.717) is 6.42 Å². The second kappa shape index (κ2) is 15.0. The van der Waals surface area contributed by atoms with Crippen LogP contribution in [0.2, 0.25) is 0 Å². The van der Waals surface area contributed by atoms with Gasteiger partial charge in [-0.3, -0.25) is 0 Å². The first-order valence-electron chi connectivity index (χ1n) is 8.28. The van der Waals surface area contributed by atoms with Gasteiger partial charge < -0.3 is 15.3 Å². The van der Waals surface area contributed by atoms with Gasteiger partial charge in [-0.1, -0.05) is 57.4 Å². The van der Waals surface area contributed by atoms with Crippen LogP contribution in [0.4, 0.5) is 0 Å². The highest BCUT2D eigenvalue weighted by molar-refractivity contribution is 4.65. The van der Waals surface area contributed by atoms with Crippen LogP contribution in [0.15, 0.2) is 12.7 Å². The number of allylic oxidation sites excluding steroid dienone is 1. The van der Waals surface area contributed by atoms with Gasteiger partial charge in [0.25, 0.3) is 0 Å². The van der Waals surface area contributed by atoms with E-state index in [9.17, 15) is 10.2 Å². The maximum absolute atomic E-state index is 9.62. The van der Waals surface area contributed by atoms with E-state index < -0.39 is 12.2 Å². The lowest BCUT2D eigenvalue weighted by molar-refractivity contribution is 0.0380. The summed E-state index contributed by atoms with van der Waals surface area (Å²) in [6.45, 7) is 3.47. The average molecular weight is 286 g/mol. The van der Waals surface area contributed by atoms with Crippen molar-refractivity contribution in [1.29, 1.82) is 0 Å². The average Bonchev–Trinajstić information content (AvgIpc) is 2.44. The predicted molar refractivity (Wildman–Crippen MR) is 84.7 cm³/mol. The number of aliphatic hydroxyl groups excluding tert-OH is 3. The zero-order valence-electron chi connectivity index (χ0n) is 13.0. The molecule has 0 heterocycles. The van der Waals surface area contributed by atoms with Gasteiger partial charge in [0.1, 0.15) is 0 Å². The number of hydrogen-bond donors (Lipinski definition) is 3. The molecule has 20 heavy (non-hydrogen) atoms. The van der Waals surface area contributed by atoms with Crippen LogP contribution in [-0.2, 0) is 0 Å². The van der Waals surface area contributed by atoms with E-state index in [-0.39, 0.29) is 6.61 Å². The number of rotatable bonds is 15. The Hall–Kier alpha value is -0.380. The molecule has 0 aromatic rings. The van der Waals surface area contributed by atoms with E-state index in [0.717, 1.165) is 25.7 Å². The molecule has 0 aromatic carbocycles. The fourth-order valence-electron chi connectivity index (χ4n) is 2.41. The van der Waals surface area contributed by atoms with Crippen LogP contribution in [0.1, 0.15) is 77.0 Å². The van der Waals surface area contributed by atoms with Crippen LogP contribution in [0, 0.1) is 0 Å². The number of aliphatic hydroxyl groups is 3. The standard InChI is InChI=1S/C17H34O3/c1-2-3-4-5-6-7-8-9-10-11-12-13-16(19)14-17(20)15-18/h2,16-20H,1,3-15H2/t16-,17-/m1/s1. The van der Waals surface area contributed by atoms with Crippen LogP contribution in [0.3, 0.4) is 0 Å². The van der Waals surface area contributed by atoms with Gasteiger partial charge in [0.2, 0.25) is 0 Å². The lowest BCUT2D eigenvalue weighted by Crippen LogP contribution is -2.20. The first-order valence-corrected chi connectivity index (χ1v) is 8.28. The summed E-state index contributed by atoms with van der Waals surface area (Å²) < 4.78 is 0. The maximum Gasteiger partial charge on any atom is 0.0795 e. The molecule has 0 rings (SSSR count). The molecule has 0 aliphatic heterocycles. The summed E-state index contributed by atoms with van der Waals surface area (Å²) in [6.07, 6.45) is 14.2. The molecule has 0 saturated carbocycles. The summed E-state index contributed by atoms with van der Waals surface area (Å²) in [5.74, 6) is 0. The third-order valence-corrected chi connectivity index (χ3v) is 3.70. The lowest BCUT2D eigenvalue weighted by atomic mass is 10.0. The van der Waals surface area contributed by atoms with E-state index in [1.807, 2.05) is 6.08 Å². The summed E-state index contributed by atoms with van der Waals surface area (Å²) in [5, 5.41) is 27.5. The summed E-state index contributed by atoms with van der Waals surface area (Å²) in [6, 6.07) is 0. The molecule has 3 heteroatoms. The quantitative estimate of drug-likeness (QED) is 0.318. The third kappa shape index (κ3) is 14.0. The van der Waals surface area contributed by atoms with Crippen LogP contribution in [0.5, 0.6) is 0 Å². The molecule has 0 saturated heterocycles. The molecule has 3 nitrogen and oxygen atoms in total. The normalized spacial score (nSPS) is 14.2. The van der Waals surface area contributed by atoms with Gasteiger partial charge >= 0.3 is 0 Å². The molecule has 0 amide bonds. The van der Waals surface area contributed by atoms with Crippen molar-refractivity contribution in [3.05, 3.63) is 12.7 Å². The van der Waals surface area contributed by atoms with Gasteiger partial charge in [-0.25, -0.2) is 0 Å². The Labute approximate surface area is 124 Å². The summed E-state index contributed by atoms with van der Waals surface area (Å²) in [4.78, 5) is 0. The van der Waals surface area contributed by atoms with Crippen molar-refractivity contribution in [3.8, 4) is 0 Å². The summed E-state index contributed by atoms with van der Waals surface area (Å²) >= 11 is 0. The zero-order chi connectivity index (χ0) is 15.1. The Balaban J connectivity index is 3.14. The van der Waals surface area contributed by atoms with E-state index in [2.05, 4.69) is 6.58 Å². The van der Waals surface area contributed by atoms with Crippen molar-refractivity contribution in [2.45, 2.75) is 89.3 Å². The maximum atomic E-state index is 9.62. The van der Waals surface area contributed by atoms with Crippen molar-refractivity contribution in [3.63, 3.8) is 0 Å². The predicted octanol–water partition coefficient (Wildman–Crippen LogP) is 3.57. The Morgan fingerprint density at radius 1 is 0.750 bits per heavy atom. The molecule has 0 unspecified atom stereocenters. The molecule has 0 bridgehead atoms. The van der Waals surface area contributed by atoms with Crippen molar-refractivity contribution < 1.29 is 15.3 Å². The van der Waals surface area contributed by atoms with Gasteiger partial charge in [0, 0.05) is 6.42 Å². The second-order valence-corrected chi connectivity index (χ2v) is 5.77. The molecule has 0 aromatic heterocycles. The number of hydrogen-bond acceptors (Lipinski definition) is 3. The summed E-state index contributed by atoms with van der Waals surface area (Å²) in [7, 11) is 0. The number of unbranched alkanes of at least 4 members (excludes halogenated alkanes) is 9. The smallest absolute Gasteiger partial charge is 0.0795 e. The van der Waals surface area contributed by atoms with Crippen LogP contribution >= 0.6 is 0 Å². The molecule has 0 aliphatic carbocycles. The van der Waals surface area contributed by atoms with Gasteiger partial charge in [0.05, 0.1) is 18.8 Å². The first kappa shape index (κ1) is 19.6. The Bertz CT molecular complexity index is 206. The monoisotopic (exact) mass is 286 g/mol. The molecule has 120 valence electrons. The lowest BCUT2D eigenvalue weighted by Gasteiger charge is -2.13. The third-order valence-electron chi connectivity index (χ3n) is 3.70. The Morgan fingerprint density at radius 2 is 1.25 bits per heavy atom. The van der Waals surface area contributed by atoms with Crippen molar-refractivity contribution in [2.24, 2.45) is 0 Å². The van der Waals surface area contributed by atoms with Gasteiger partial charge in [-0.2, -0.15) is 0 Å². The molecule has 2 atom stereocenters. The van der Waals surface area contributed by atoms with E-state index in [1.165, 1.54) is 44.9 Å². The van der Waals surface area contributed by atoms with E-state index >= 15 is 0 Å². The molecule has 0 fully saturated rings. The fourth-order valence-corrected chi connectivity index (χ4v) is 2.41. The molecule has 0 radical (unpaired) electrons. The first-order chi connectivity index (χ1) is 9.70. The Morgan fingerprint density at radius 3 is 1.75 bits per heavy atom. The van der Waals surface area contributed by atoms with Gasteiger partial charge in [0.15, 0.2) is 0 Å². The minimum atomic E-state index is -0.772. The molecular formula is C17H34O3. The fraction of sp³-hybridized carbons (Fsp3) is 0.882. The molecule has 0 spiro atoms. The topological polar surface area (TPSA) is 60.7 Å². The second-order valence-electron chi connectivity index (χ2n) is 5.77. The molecular weight excluding hydrogens is 252 g/mol. The van der Waals surface area contributed by atoms with E-state index in [1.54, 1.807) is 0 Å². The zero-order valence-corrected chi connectivity index (χ0v) is 13.0. The van der Waals surface area contributed by atoms with Crippen molar-refractivity contribution >= 4 is 0 Å².